The molecule has 2 N–H and O–H groups in total. The number of thioether (sulfide) groups is 1. The Morgan fingerprint density at radius 1 is 1.32 bits per heavy atom. The molecule has 0 unspecified atom stereocenters. The molecule has 0 aliphatic heterocycles. The Hall–Kier alpha value is -2.33. The molecule has 1 aromatic heterocycles. The molecule has 1 fully saturated rings. The van der Waals surface area contributed by atoms with Crippen molar-refractivity contribution in [3.8, 4) is 17.3 Å². The summed E-state index contributed by atoms with van der Waals surface area (Å²) in [5.74, 6) is -0.253. The van der Waals surface area contributed by atoms with Crippen LogP contribution in [0.15, 0.2) is 35.6 Å². The van der Waals surface area contributed by atoms with E-state index in [2.05, 4.69) is 21.4 Å². The predicted molar refractivity (Wildman–Crippen MR) is 94.3 cm³/mol. The van der Waals surface area contributed by atoms with Crippen molar-refractivity contribution >= 4 is 17.7 Å². The molecule has 2 aromatic rings. The Balaban J connectivity index is 1.56. The third-order valence-corrected chi connectivity index (χ3v) is 5.23. The minimum Gasteiger partial charge on any atom is -0.337 e. The van der Waals surface area contributed by atoms with Crippen molar-refractivity contribution in [2.45, 2.75) is 42.8 Å². The molecule has 1 aliphatic rings. The number of aromatic amines is 1. The van der Waals surface area contributed by atoms with Gasteiger partial charge >= 0.3 is 0 Å². The number of rotatable bonds is 5. The number of imidazole rings is 1. The maximum atomic E-state index is 13.0. The molecule has 7 heteroatoms. The lowest BCUT2D eigenvalue weighted by atomic mass is 9.83. The van der Waals surface area contributed by atoms with Gasteiger partial charge in [-0.05, 0) is 42.7 Å². The highest BCUT2D eigenvalue weighted by Gasteiger charge is 2.33. The molecule has 1 amide bonds. The molecule has 1 saturated carbocycles. The number of nitrogens with zero attached hydrogens (tertiary/aromatic N) is 2. The van der Waals surface area contributed by atoms with Gasteiger partial charge in [-0.25, -0.2) is 9.37 Å². The van der Waals surface area contributed by atoms with E-state index < -0.39 is 5.54 Å². The Bertz CT molecular complexity index is 775. The normalized spacial score (nSPS) is 16.2. The average molecular weight is 358 g/mol. The fourth-order valence-electron chi connectivity index (χ4n) is 3.01. The number of aromatic nitrogens is 2. The van der Waals surface area contributed by atoms with Crippen molar-refractivity contribution in [3.63, 3.8) is 0 Å². The van der Waals surface area contributed by atoms with Crippen LogP contribution in [0.2, 0.25) is 0 Å². The predicted octanol–water partition coefficient (Wildman–Crippen LogP) is 3.65. The number of halogens is 1. The Kier molecular flexibility index (Phi) is 5.39. The Morgan fingerprint density at radius 2 is 2.04 bits per heavy atom. The summed E-state index contributed by atoms with van der Waals surface area (Å²) in [6.07, 6.45) is 6.16. The zero-order chi connectivity index (χ0) is 17.7. The van der Waals surface area contributed by atoms with Crippen LogP contribution in [0.5, 0.6) is 0 Å². The summed E-state index contributed by atoms with van der Waals surface area (Å²) in [5.41, 5.74) is 0.887. The summed E-state index contributed by atoms with van der Waals surface area (Å²) in [5, 5.41) is 12.9. The highest BCUT2D eigenvalue weighted by atomic mass is 32.2. The standard InChI is InChI=1S/C18H19FN4OS/c19-14-6-4-13(5-7-14)15-10-21-17(22-15)25-11-16(24)23-18(12-20)8-2-1-3-9-18/h4-7,10H,1-3,8-9,11H2,(H,21,22)(H,23,24). The summed E-state index contributed by atoms with van der Waals surface area (Å²) in [6, 6.07) is 8.40. The first-order valence-electron chi connectivity index (χ1n) is 8.26. The SMILES string of the molecule is N#CC1(NC(=O)CSc2ncc(-c3ccc(F)cc3)[nH]2)CCCCC1. The van der Waals surface area contributed by atoms with Crippen molar-refractivity contribution in [1.82, 2.24) is 15.3 Å². The van der Waals surface area contributed by atoms with Gasteiger partial charge in [-0.2, -0.15) is 5.26 Å². The molecule has 130 valence electrons. The van der Waals surface area contributed by atoms with Crippen molar-refractivity contribution < 1.29 is 9.18 Å². The molecule has 1 heterocycles. The second-order valence-corrected chi connectivity index (χ2v) is 7.16. The second kappa shape index (κ2) is 7.70. The van der Waals surface area contributed by atoms with Crippen LogP contribution in [0.3, 0.4) is 0 Å². The van der Waals surface area contributed by atoms with Crippen LogP contribution in [0.1, 0.15) is 32.1 Å². The molecule has 5 nitrogen and oxygen atoms in total. The van der Waals surface area contributed by atoms with Crippen molar-refractivity contribution in [2.24, 2.45) is 0 Å². The van der Waals surface area contributed by atoms with E-state index in [0.717, 1.165) is 43.4 Å². The molecule has 0 atom stereocenters. The zero-order valence-electron chi connectivity index (χ0n) is 13.7. The number of nitriles is 1. The van der Waals surface area contributed by atoms with Gasteiger partial charge in [-0.15, -0.1) is 0 Å². The molecule has 1 aromatic carbocycles. The van der Waals surface area contributed by atoms with Gasteiger partial charge in [0.2, 0.25) is 5.91 Å². The minimum atomic E-state index is -0.710. The van der Waals surface area contributed by atoms with Crippen LogP contribution in [0, 0.1) is 17.1 Å². The molecule has 0 radical (unpaired) electrons. The molecule has 0 spiro atoms. The van der Waals surface area contributed by atoms with Crippen LogP contribution in [0.4, 0.5) is 4.39 Å². The molecule has 0 bridgehead atoms. The highest BCUT2D eigenvalue weighted by molar-refractivity contribution is 7.99. The van der Waals surface area contributed by atoms with Gasteiger partial charge < -0.3 is 10.3 Å². The van der Waals surface area contributed by atoms with E-state index in [1.807, 2.05) is 0 Å². The number of amides is 1. The summed E-state index contributed by atoms with van der Waals surface area (Å²) in [6.45, 7) is 0. The van der Waals surface area contributed by atoms with Crippen LogP contribution < -0.4 is 5.32 Å². The Morgan fingerprint density at radius 3 is 2.72 bits per heavy atom. The number of carbonyl (C=O) groups excluding carboxylic acids is 1. The zero-order valence-corrected chi connectivity index (χ0v) is 14.5. The first kappa shape index (κ1) is 17.5. The fourth-order valence-corrected chi connectivity index (χ4v) is 3.66. The fraction of sp³-hybridized carbons (Fsp3) is 0.389. The lowest BCUT2D eigenvalue weighted by Gasteiger charge is -2.31. The maximum Gasteiger partial charge on any atom is 0.231 e. The van der Waals surface area contributed by atoms with Gasteiger partial charge in [0.25, 0.3) is 0 Å². The number of H-pyrrole nitrogens is 1. The van der Waals surface area contributed by atoms with Crippen LogP contribution in [-0.2, 0) is 4.79 Å². The van der Waals surface area contributed by atoms with Gasteiger partial charge in [0.15, 0.2) is 5.16 Å². The third-order valence-electron chi connectivity index (χ3n) is 4.35. The van der Waals surface area contributed by atoms with Gasteiger partial charge in [-0.1, -0.05) is 31.0 Å². The van der Waals surface area contributed by atoms with Gasteiger partial charge in [0, 0.05) is 0 Å². The van der Waals surface area contributed by atoms with Crippen molar-refractivity contribution in [2.75, 3.05) is 5.75 Å². The van der Waals surface area contributed by atoms with Crippen LogP contribution in [-0.4, -0.2) is 27.2 Å². The monoisotopic (exact) mass is 358 g/mol. The number of nitrogens with one attached hydrogen (secondary N) is 2. The van der Waals surface area contributed by atoms with E-state index in [-0.39, 0.29) is 17.5 Å². The van der Waals surface area contributed by atoms with E-state index in [0.29, 0.717) is 5.16 Å². The summed E-state index contributed by atoms with van der Waals surface area (Å²) < 4.78 is 13.0. The largest absolute Gasteiger partial charge is 0.337 e. The van der Waals surface area contributed by atoms with E-state index in [1.165, 1.54) is 23.9 Å². The van der Waals surface area contributed by atoms with Gasteiger partial charge in [0.1, 0.15) is 11.4 Å². The van der Waals surface area contributed by atoms with Gasteiger partial charge in [-0.3, -0.25) is 4.79 Å². The minimum absolute atomic E-state index is 0.159. The molecule has 1 aliphatic carbocycles. The van der Waals surface area contributed by atoms with E-state index in [1.54, 1.807) is 18.3 Å². The van der Waals surface area contributed by atoms with Crippen molar-refractivity contribution in [1.29, 1.82) is 5.26 Å². The summed E-state index contributed by atoms with van der Waals surface area (Å²) in [7, 11) is 0. The van der Waals surface area contributed by atoms with E-state index in [4.69, 9.17) is 0 Å². The van der Waals surface area contributed by atoms with E-state index >= 15 is 0 Å². The smallest absolute Gasteiger partial charge is 0.231 e. The maximum absolute atomic E-state index is 13.0. The first-order chi connectivity index (χ1) is 12.1. The molecule has 25 heavy (non-hydrogen) atoms. The molecular formula is C18H19FN4OS. The number of hydrogen-bond acceptors (Lipinski definition) is 4. The second-order valence-electron chi connectivity index (χ2n) is 6.20. The molecule has 0 saturated heterocycles. The Labute approximate surface area is 150 Å². The topological polar surface area (TPSA) is 81.6 Å². The highest BCUT2D eigenvalue weighted by Crippen LogP contribution is 2.28. The molecule has 3 rings (SSSR count). The first-order valence-corrected chi connectivity index (χ1v) is 9.25. The lowest BCUT2D eigenvalue weighted by Crippen LogP contribution is -2.49. The van der Waals surface area contributed by atoms with Gasteiger partial charge in [0.05, 0.1) is 23.7 Å². The molecular weight excluding hydrogens is 339 g/mol. The van der Waals surface area contributed by atoms with Crippen molar-refractivity contribution in [3.05, 3.63) is 36.3 Å². The van der Waals surface area contributed by atoms with Crippen LogP contribution >= 0.6 is 11.8 Å². The van der Waals surface area contributed by atoms with E-state index in [9.17, 15) is 14.4 Å². The summed E-state index contributed by atoms with van der Waals surface area (Å²) >= 11 is 1.28. The number of carbonyl (C=O) groups is 1. The summed E-state index contributed by atoms with van der Waals surface area (Å²) in [4.78, 5) is 19.6. The quantitative estimate of drug-likeness (QED) is 0.800. The lowest BCUT2D eigenvalue weighted by molar-refractivity contribution is -0.120. The number of hydrogen-bond donors (Lipinski definition) is 2. The third kappa shape index (κ3) is 4.40. The average Bonchev–Trinajstić information content (AvgIpc) is 3.10. The number of benzene rings is 1. The van der Waals surface area contributed by atoms with Crippen LogP contribution in [0.25, 0.3) is 11.3 Å².